The van der Waals surface area contributed by atoms with E-state index in [-0.39, 0.29) is 5.75 Å². The first kappa shape index (κ1) is 17.0. The number of oxazole rings is 1. The number of alkyl halides is 2. The minimum Gasteiger partial charge on any atom is -0.497 e. The van der Waals surface area contributed by atoms with Gasteiger partial charge in [-0.05, 0) is 53.6 Å². The monoisotopic (exact) mass is 367 g/mol. The fraction of sp³-hybridized carbons (Fsp3) is 0.0952. The van der Waals surface area contributed by atoms with Gasteiger partial charge >= 0.3 is 6.61 Å². The maximum absolute atomic E-state index is 12.4. The molecule has 1 aromatic heterocycles. The first-order valence-corrected chi connectivity index (χ1v) is 8.22. The first-order valence-electron chi connectivity index (χ1n) is 8.22. The number of nitrogens with zero attached hydrogens (tertiary/aromatic N) is 1. The molecule has 0 amide bonds. The Hall–Kier alpha value is -3.41. The van der Waals surface area contributed by atoms with Crippen molar-refractivity contribution in [2.24, 2.45) is 0 Å². The Balaban J connectivity index is 1.71. The topological polar surface area (TPSA) is 44.5 Å². The van der Waals surface area contributed by atoms with E-state index in [9.17, 15) is 8.78 Å². The van der Waals surface area contributed by atoms with Gasteiger partial charge < -0.3 is 13.9 Å². The molecule has 0 N–H and O–H groups in total. The van der Waals surface area contributed by atoms with Gasteiger partial charge in [0, 0.05) is 5.56 Å². The van der Waals surface area contributed by atoms with Crippen LogP contribution in [0.4, 0.5) is 8.78 Å². The highest BCUT2D eigenvalue weighted by Gasteiger charge is 2.12. The molecule has 0 saturated carbocycles. The van der Waals surface area contributed by atoms with Crippen LogP contribution in [0, 0.1) is 0 Å². The Kier molecular flexibility index (Phi) is 4.46. The highest BCUT2D eigenvalue weighted by atomic mass is 19.3. The van der Waals surface area contributed by atoms with Gasteiger partial charge in [0.25, 0.3) is 0 Å². The Bertz CT molecular complexity index is 1090. The van der Waals surface area contributed by atoms with Crippen LogP contribution in [0.5, 0.6) is 11.5 Å². The van der Waals surface area contributed by atoms with Crippen molar-refractivity contribution in [1.29, 1.82) is 0 Å². The standard InChI is InChI=1S/C21H15F2NO3/c1-25-16-6-2-4-13(10-16)14-8-9-18-19(12-14)27-20(24-18)15-5-3-7-17(11-15)26-21(22)23/h2-12,21H,1H3. The van der Waals surface area contributed by atoms with Gasteiger partial charge in [0.15, 0.2) is 5.58 Å². The molecular formula is C21H15F2NO3. The van der Waals surface area contributed by atoms with Crippen LogP contribution in [0.25, 0.3) is 33.7 Å². The molecule has 3 aromatic carbocycles. The van der Waals surface area contributed by atoms with Crippen molar-refractivity contribution in [3.63, 3.8) is 0 Å². The summed E-state index contributed by atoms with van der Waals surface area (Å²) in [6, 6.07) is 19.7. The van der Waals surface area contributed by atoms with Crippen LogP contribution in [0.3, 0.4) is 0 Å². The molecule has 0 saturated heterocycles. The number of hydrogen-bond donors (Lipinski definition) is 0. The van der Waals surface area contributed by atoms with Crippen molar-refractivity contribution in [1.82, 2.24) is 4.98 Å². The SMILES string of the molecule is COc1cccc(-c2ccc3nc(-c4cccc(OC(F)F)c4)oc3c2)c1. The summed E-state index contributed by atoms with van der Waals surface area (Å²) >= 11 is 0. The number of methoxy groups -OCH3 is 1. The van der Waals surface area contributed by atoms with E-state index in [1.54, 1.807) is 19.2 Å². The third kappa shape index (κ3) is 3.60. The number of fused-ring (bicyclic) bond motifs is 1. The zero-order valence-corrected chi connectivity index (χ0v) is 14.4. The lowest BCUT2D eigenvalue weighted by Gasteiger charge is -2.04. The van der Waals surface area contributed by atoms with Gasteiger partial charge in [-0.3, -0.25) is 0 Å². The Morgan fingerprint density at radius 2 is 1.56 bits per heavy atom. The molecule has 0 spiro atoms. The Morgan fingerprint density at radius 1 is 0.852 bits per heavy atom. The third-order valence-electron chi connectivity index (χ3n) is 4.10. The molecule has 0 bridgehead atoms. The number of aromatic nitrogens is 1. The maximum Gasteiger partial charge on any atom is 0.387 e. The van der Waals surface area contributed by atoms with Crippen molar-refractivity contribution < 1.29 is 22.7 Å². The predicted molar refractivity (Wildman–Crippen MR) is 98.1 cm³/mol. The van der Waals surface area contributed by atoms with Crippen molar-refractivity contribution in [3.8, 4) is 34.1 Å². The molecule has 6 heteroatoms. The van der Waals surface area contributed by atoms with Crippen molar-refractivity contribution >= 4 is 11.1 Å². The molecule has 0 fully saturated rings. The van der Waals surface area contributed by atoms with E-state index in [0.29, 0.717) is 22.6 Å². The van der Waals surface area contributed by atoms with E-state index in [0.717, 1.165) is 16.9 Å². The normalized spacial score (nSPS) is 11.1. The molecule has 0 aliphatic heterocycles. The van der Waals surface area contributed by atoms with Crippen LogP contribution in [0.2, 0.25) is 0 Å². The highest BCUT2D eigenvalue weighted by molar-refractivity contribution is 5.82. The summed E-state index contributed by atoms with van der Waals surface area (Å²) in [5, 5.41) is 0. The number of rotatable bonds is 5. The Labute approximate surface area is 154 Å². The van der Waals surface area contributed by atoms with E-state index < -0.39 is 6.61 Å². The van der Waals surface area contributed by atoms with Crippen LogP contribution in [0.1, 0.15) is 0 Å². The average Bonchev–Trinajstić information content (AvgIpc) is 3.11. The molecule has 0 aliphatic carbocycles. The predicted octanol–water partition coefficient (Wildman–Crippen LogP) is 5.77. The average molecular weight is 367 g/mol. The summed E-state index contributed by atoms with van der Waals surface area (Å²) in [6.07, 6.45) is 0. The van der Waals surface area contributed by atoms with Crippen LogP contribution in [-0.2, 0) is 0 Å². The zero-order valence-electron chi connectivity index (χ0n) is 14.4. The molecule has 4 rings (SSSR count). The second kappa shape index (κ2) is 7.07. The van der Waals surface area contributed by atoms with Crippen LogP contribution in [-0.4, -0.2) is 18.7 Å². The minimum atomic E-state index is -2.88. The summed E-state index contributed by atoms with van der Waals surface area (Å²) < 4.78 is 40.4. The minimum absolute atomic E-state index is 0.0572. The molecule has 136 valence electrons. The molecule has 4 aromatic rings. The molecule has 0 unspecified atom stereocenters. The van der Waals surface area contributed by atoms with Gasteiger partial charge in [-0.25, -0.2) is 4.98 Å². The second-order valence-corrected chi connectivity index (χ2v) is 5.84. The van der Waals surface area contributed by atoms with Crippen LogP contribution in [0.15, 0.2) is 71.1 Å². The maximum atomic E-state index is 12.4. The van der Waals surface area contributed by atoms with Crippen molar-refractivity contribution in [2.45, 2.75) is 6.61 Å². The summed E-state index contributed by atoms with van der Waals surface area (Å²) in [4.78, 5) is 4.44. The molecule has 0 atom stereocenters. The van der Waals surface area contributed by atoms with E-state index >= 15 is 0 Å². The number of benzene rings is 3. The van der Waals surface area contributed by atoms with Crippen LogP contribution >= 0.6 is 0 Å². The first-order chi connectivity index (χ1) is 13.1. The quantitative estimate of drug-likeness (QED) is 0.449. The second-order valence-electron chi connectivity index (χ2n) is 5.84. The van der Waals surface area contributed by atoms with Gasteiger partial charge in [0.05, 0.1) is 7.11 Å². The number of ether oxygens (including phenoxy) is 2. The van der Waals surface area contributed by atoms with Crippen molar-refractivity contribution in [3.05, 3.63) is 66.7 Å². The Morgan fingerprint density at radius 3 is 2.33 bits per heavy atom. The summed E-state index contributed by atoms with van der Waals surface area (Å²) in [5.41, 5.74) is 3.79. The zero-order chi connectivity index (χ0) is 18.8. The van der Waals surface area contributed by atoms with Gasteiger partial charge in [-0.2, -0.15) is 8.78 Å². The van der Waals surface area contributed by atoms with E-state index in [2.05, 4.69) is 9.72 Å². The summed E-state index contributed by atoms with van der Waals surface area (Å²) in [5.74, 6) is 1.16. The molecule has 4 nitrogen and oxygen atoms in total. The van der Waals surface area contributed by atoms with E-state index in [1.165, 1.54) is 12.1 Å². The molecule has 1 heterocycles. The molecule has 27 heavy (non-hydrogen) atoms. The lowest BCUT2D eigenvalue weighted by atomic mass is 10.1. The highest BCUT2D eigenvalue weighted by Crippen LogP contribution is 2.31. The van der Waals surface area contributed by atoms with E-state index in [4.69, 9.17) is 9.15 Å². The van der Waals surface area contributed by atoms with Gasteiger partial charge in [0.1, 0.15) is 17.0 Å². The van der Waals surface area contributed by atoms with Gasteiger partial charge in [-0.15, -0.1) is 0 Å². The molecular weight excluding hydrogens is 352 g/mol. The third-order valence-corrected chi connectivity index (χ3v) is 4.10. The molecule has 0 aliphatic rings. The van der Waals surface area contributed by atoms with E-state index in [1.807, 2.05) is 42.5 Å². The number of halogens is 2. The van der Waals surface area contributed by atoms with Gasteiger partial charge in [-0.1, -0.05) is 24.3 Å². The lowest BCUT2D eigenvalue weighted by Crippen LogP contribution is -2.01. The summed E-state index contributed by atoms with van der Waals surface area (Å²) in [6.45, 7) is -2.88. The van der Waals surface area contributed by atoms with Gasteiger partial charge in [0.2, 0.25) is 5.89 Å². The lowest BCUT2D eigenvalue weighted by molar-refractivity contribution is -0.0498. The largest absolute Gasteiger partial charge is 0.497 e. The summed E-state index contributed by atoms with van der Waals surface area (Å²) in [7, 11) is 1.62. The van der Waals surface area contributed by atoms with Crippen molar-refractivity contribution in [2.75, 3.05) is 7.11 Å². The molecule has 0 radical (unpaired) electrons. The smallest absolute Gasteiger partial charge is 0.387 e. The number of hydrogen-bond acceptors (Lipinski definition) is 4. The fourth-order valence-electron chi connectivity index (χ4n) is 2.84. The fourth-order valence-corrected chi connectivity index (χ4v) is 2.84. The van der Waals surface area contributed by atoms with Crippen LogP contribution < -0.4 is 9.47 Å².